The van der Waals surface area contributed by atoms with Crippen LogP contribution in [0.15, 0.2) is 109 Å². The Morgan fingerprint density at radius 3 is 2.08 bits per heavy atom. The van der Waals surface area contributed by atoms with E-state index in [1.807, 2.05) is 54.7 Å². The van der Waals surface area contributed by atoms with Gasteiger partial charge in [0.1, 0.15) is 11.6 Å². The molecule has 0 saturated carbocycles. The molecule has 0 fully saturated rings. The summed E-state index contributed by atoms with van der Waals surface area (Å²) in [7, 11) is 0. The van der Waals surface area contributed by atoms with E-state index in [9.17, 15) is 13.6 Å². The van der Waals surface area contributed by atoms with Gasteiger partial charge >= 0.3 is 0 Å². The Bertz CT molecular complexity index is 1470. The highest BCUT2D eigenvalue weighted by Crippen LogP contribution is 2.29. The van der Waals surface area contributed by atoms with Crippen LogP contribution in [-0.4, -0.2) is 23.5 Å². The number of benzene rings is 4. The van der Waals surface area contributed by atoms with Gasteiger partial charge in [-0.2, -0.15) is 0 Å². The highest BCUT2D eigenvalue weighted by Gasteiger charge is 2.21. The molecule has 4 aromatic carbocycles. The molecule has 4 nitrogen and oxygen atoms in total. The third-order valence-electron chi connectivity index (χ3n) is 7.32. The lowest BCUT2D eigenvalue weighted by Crippen LogP contribution is -2.45. The Morgan fingerprint density at radius 2 is 1.40 bits per heavy atom. The van der Waals surface area contributed by atoms with Crippen molar-refractivity contribution in [3.05, 3.63) is 143 Å². The maximum atomic E-state index is 13.6. The Labute approximate surface area is 233 Å². The minimum atomic E-state index is -0.413. The van der Waals surface area contributed by atoms with Crippen LogP contribution in [0.3, 0.4) is 0 Å². The summed E-state index contributed by atoms with van der Waals surface area (Å²) in [5.74, 6) is -0.672. The molecule has 1 heterocycles. The van der Waals surface area contributed by atoms with Crippen LogP contribution in [0.2, 0.25) is 0 Å². The predicted octanol–water partition coefficient (Wildman–Crippen LogP) is 6.88. The highest BCUT2D eigenvalue weighted by atomic mass is 19.1. The summed E-state index contributed by atoms with van der Waals surface area (Å²) in [6, 6.07) is 30.6. The van der Waals surface area contributed by atoms with Crippen molar-refractivity contribution < 1.29 is 13.6 Å². The summed E-state index contributed by atoms with van der Waals surface area (Å²) in [6.45, 7) is 1.08. The maximum Gasteiger partial charge on any atom is 0.237 e. The molecule has 3 N–H and O–H groups in total. The number of nitrogens with one attached hydrogen (secondary N) is 3. The molecule has 6 heteroatoms. The fourth-order valence-electron chi connectivity index (χ4n) is 5.17. The van der Waals surface area contributed by atoms with Gasteiger partial charge in [-0.25, -0.2) is 8.78 Å². The number of fused-ring (bicyclic) bond motifs is 1. The molecule has 1 atom stereocenters. The number of hydrogen-bond donors (Lipinski definition) is 3. The van der Waals surface area contributed by atoms with Gasteiger partial charge in [0.25, 0.3) is 0 Å². The van der Waals surface area contributed by atoms with Gasteiger partial charge in [-0.1, -0.05) is 72.8 Å². The van der Waals surface area contributed by atoms with Gasteiger partial charge in [-0.05, 0) is 71.8 Å². The quantitative estimate of drug-likeness (QED) is 0.152. The summed E-state index contributed by atoms with van der Waals surface area (Å²) >= 11 is 0. The molecule has 5 aromatic rings. The van der Waals surface area contributed by atoms with Gasteiger partial charge in [0.15, 0.2) is 0 Å². The van der Waals surface area contributed by atoms with E-state index in [0.717, 1.165) is 39.6 Å². The Balaban J connectivity index is 1.24. The maximum absolute atomic E-state index is 13.6. The van der Waals surface area contributed by atoms with E-state index in [-0.39, 0.29) is 23.5 Å². The third kappa shape index (κ3) is 7.01. The Hall–Kier alpha value is -4.29. The number of aromatic nitrogens is 1. The van der Waals surface area contributed by atoms with Crippen molar-refractivity contribution in [1.82, 2.24) is 15.6 Å². The fourth-order valence-corrected chi connectivity index (χ4v) is 5.17. The average Bonchev–Trinajstić information content (AvgIpc) is 3.39. The van der Waals surface area contributed by atoms with Crippen LogP contribution in [0, 0.1) is 11.6 Å². The number of hydrogen-bond acceptors (Lipinski definition) is 2. The molecule has 40 heavy (non-hydrogen) atoms. The Morgan fingerprint density at radius 1 is 0.775 bits per heavy atom. The van der Waals surface area contributed by atoms with Crippen molar-refractivity contribution in [2.24, 2.45) is 0 Å². The van der Waals surface area contributed by atoms with E-state index in [0.29, 0.717) is 25.9 Å². The zero-order chi connectivity index (χ0) is 27.7. The van der Waals surface area contributed by atoms with Crippen molar-refractivity contribution in [2.45, 2.75) is 37.8 Å². The van der Waals surface area contributed by atoms with Gasteiger partial charge in [0, 0.05) is 36.1 Å². The van der Waals surface area contributed by atoms with Crippen LogP contribution >= 0.6 is 0 Å². The molecule has 5 rings (SSSR count). The first-order valence-corrected chi connectivity index (χ1v) is 13.7. The minimum absolute atomic E-state index is 0.0312. The number of carbonyl (C=O) groups is 1. The van der Waals surface area contributed by atoms with Crippen LogP contribution < -0.4 is 10.6 Å². The first kappa shape index (κ1) is 27.3. The van der Waals surface area contributed by atoms with E-state index in [4.69, 9.17) is 0 Å². The molecule has 0 radical (unpaired) electrons. The summed E-state index contributed by atoms with van der Waals surface area (Å²) in [6.07, 6.45) is 3.97. The van der Waals surface area contributed by atoms with Gasteiger partial charge in [0.2, 0.25) is 5.91 Å². The number of amides is 1. The largest absolute Gasteiger partial charge is 0.361 e. The van der Waals surface area contributed by atoms with Crippen molar-refractivity contribution >= 4 is 16.8 Å². The van der Waals surface area contributed by atoms with Gasteiger partial charge in [-0.15, -0.1) is 0 Å². The number of para-hydroxylation sites is 1. The highest BCUT2D eigenvalue weighted by molar-refractivity contribution is 5.86. The lowest BCUT2D eigenvalue weighted by atomic mass is 9.87. The zero-order valence-electron chi connectivity index (χ0n) is 22.2. The van der Waals surface area contributed by atoms with Crippen molar-refractivity contribution in [3.8, 4) is 0 Å². The summed E-state index contributed by atoms with van der Waals surface area (Å²) in [5.41, 5.74) is 5.17. The molecule has 0 aliphatic carbocycles. The molecule has 1 amide bonds. The van der Waals surface area contributed by atoms with E-state index in [2.05, 4.69) is 21.7 Å². The van der Waals surface area contributed by atoms with Crippen molar-refractivity contribution in [3.63, 3.8) is 0 Å². The van der Waals surface area contributed by atoms with Crippen molar-refractivity contribution in [1.29, 1.82) is 0 Å². The summed E-state index contributed by atoms with van der Waals surface area (Å²) in [4.78, 5) is 16.7. The SMILES string of the molecule is O=C(NCCCC(c1ccc(F)cc1)c1ccc(F)cc1)[C@H](Cc1c[nH]c2ccccc12)NCc1ccccc1. The normalized spacial score (nSPS) is 12.1. The molecule has 0 spiro atoms. The second-order valence-corrected chi connectivity index (χ2v) is 10.1. The van der Waals surface area contributed by atoms with E-state index in [1.54, 1.807) is 24.3 Å². The van der Waals surface area contributed by atoms with Crippen LogP contribution in [0.5, 0.6) is 0 Å². The van der Waals surface area contributed by atoms with E-state index >= 15 is 0 Å². The van der Waals surface area contributed by atoms with Crippen molar-refractivity contribution in [2.75, 3.05) is 6.54 Å². The molecule has 0 saturated heterocycles. The summed E-state index contributed by atoms with van der Waals surface area (Å²) in [5, 5.41) is 7.69. The zero-order valence-corrected chi connectivity index (χ0v) is 22.2. The van der Waals surface area contributed by atoms with E-state index < -0.39 is 6.04 Å². The molecule has 0 unspecified atom stereocenters. The number of halogens is 2. The first-order valence-electron chi connectivity index (χ1n) is 13.7. The van der Waals surface area contributed by atoms with Crippen LogP contribution in [0.1, 0.15) is 41.0 Å². The topological polar surface area (TPSA) is 56.9 Å². The van der Waals surface area contributed by atoms with Gasteiger partial charge in [-0.3, -0.25) is 4.79 Å². The Kier molecular flexibility index (Phi) is 8.99. The molecule has 0 bridgehead atoms. The van der Waals surface area contributed by atoms with Crippen LogP contribution in [0.25, 0.3) is 10.9 Å². The number of carbonyl (C=O) groups excluding carboxylic acids is 1. The third-order valence-corrected chi connectivity index (χ3v) is 7.32. The molecular formula is C34H33F2N3O. The van der Waals surface area contributed by atoms with Crippen LogP contribution in [-0.2, 0) is 17.8 Å². The number of aromatic amines is 1. The number of H-pyrrole nitrogens is 1. The smallest absolute Gasteiger partial charge is 0.237 e. The molecule has 204 valence electrons. The standard InChI is InChI=1S/C34H33F2N3O/c35-28-16-12-25(13-17-28)30(26-14-18-29(36)19-15-26)10-6-20-37-34(40)33(38-22-24-7-2-1-3-8-24)21-27-23-39-32-11-5-4-9-31(27)32/h1-5,7-9,11-19,23,30,33,38-39H,6,10,20-22H2,(H,37,40)/t33-/m0/s1. The van der Waals surface area contributed by atoms with Crippen LogP contribution in [0.4, 0.5) is 8.78 Å². The number of rotatable bonds is 12. The molecule has 1 aromatic heterocycles. The summed E-state index contributed by atoms with van der Waals surface area (Å²) < 4.78 is 27.1. The second-order valence-electron chi connectivity index (χ2n) is 10.1. The lowest BCUT2D eigenvalue weighted by molar-refractivity contribution is -0.123. The lowest BCUT2D eigenvalue weighted by Gasteiger charge is -2.20. The average molecular weight is 538 g/mol. The first-order chi connectivity index (χ1) is 19.6. The predicted molar refractivity (Wildman–Crippen MR) is 156 cm³/mol. The minimum Gasteiger partial charge on any atom is -0.361 e. The fraction of sp³-hybridized carbons (Fsp3) is 0.206. The molecule has 0 aliphatic heterocycles. The molecule has 0 aliphatic rings. The second kappa shape index (κ2) is 13.2. The van der Waals surface area contributed by atoms with E-state index in [1.165, 1.54) is 24.3 Å². The van der Waals surface area contributed by atoms with Gasteiger partial charge < -0.3 is 15.6 Å². The molecular weight excluding hydrogens is 504 g/mol. The monoisotopic (exact) mass is 537 g/mol. The van der Waals surface area contributed by atoms with Gasteiger partial charge in [0.05, 0.1) is 6.04 Å².